The van der Waals surface area contributed by atoms with E-state index < -0.39 is 6.03 Å². The number of anilines is 3. The van der Waals surface area contributed by atoms with Crippen molar-refractivity contribution in [3.8, 4) is 0 Å². The maximum absolute atomic E-state index is 13.6. The lowest BCUT2D eigenvalue weighted by atomic mass is 9.98. The van der Waals surface area contributed by atoms with Crippen molar-refractivity contribution < 1.29 is 9.59 Å². The number of carbonyl (C=O) groups is 2. The molecule has 2 amide bonds. The lowest BCUT2D eigenvalue weighted by Gasteiger charge is -2.11. The molecule has 0 saturated heterocycles. The molecule has 0 atom stereocenters. The molecule has 0 fully saturated rings. The summed E-state index contributed by atoms with van der Waals surface area (Å²) in [6.07, 6.45) is 3.15. The maximum Gasteiger partial charge on any atom is 0.323 e. The molecule has 0 aliphatic heterocycles. The first-order chi connectivity index (χ1) is 15.7. The third-order valence-corrected chi connectivity index (χ3v) is 5.50. The highest BCUT2D eigenvalue weighted by Gasteiger charge is 2.22. The topological polar surface area (TPSA) is 115 Å². The number of nitrogens with two attached hydrogens (primary N) is 1. The zero-order valence-electron chi connectivity index (χ0n) is 18.4. The molecule has 0 aliphatic carbocycles. The predicted molar refractivity (Wildman–Crippen MR) is 131 cm³/mol. The molecule has 2 aromatic heterocycles. The fourth-order valence-corrected chi connectivity index (χ4v) is 3.81. The van der Waals surface area contributed by atoms with Gasteiger partial charge in [0.1, 0.15) is 17.8 Å². The second-order valence-electron chi connectivity index (χ2n) is 7.95. The molecule has 0 radical (unpaired) electrons. The Morgan fingerprint density at radius 2 is 1.76 bits per heavy atom. The number of nitrogens with zero attached hydrogens (tertiary/aromatic N) is 3. The molecule has 33 heavy (non-hydrogen) atoms. The van der Waals surface area contributed by atoms with Gasteiger partial charge >= 0.3 is 6.03 Å². The average molecular weight is 463 g/mol. The zero-order chi connectivity index (χ0) is 23.7. The van der Waals surface area contributed by atoms with Crippen molar-refractivity contribution in [3.63, 3.8) is 0 Å². The van der Waals surface area contributed by atoms with E-state index in [1.807, 2.05) is 25.3 Å². The minimum Gasteiger partial charge on any atom is -0.383 e. The number of aromatic nitrogens is 3. The Kier molecular flexibility index (Phi) is 6.02. The molecule has 9 heteroatoms. The van der Waals surface area contributed by atoms with Gasteiger partial charge in [-0.05, 0) is 56.7 Å². The van der Waals surface area contributed by atoms with Crippen LogP contribution in [0, 0.1) is 6.92 Å². The molecule has 4 aromatic rings. The van der Waals surface area contributed by atoms with Crippen molar-refractivity contribution in [2.24, 2.45) is 0 Å². The summed E-state index contributed by atoms with van der Waals surface area (Å²) in [5.74, 6) is 0.0212. The number of amides is 2. The minimum absolute atomic E-state index is 0.0765. The maximum atomic E-state index is 13.6. The Morgan fingerprint density at radius 3 is 2.45 bits per heavy atom. The number of halogens is 1. The van der Waals surface area contributed by atoms with E-state index in [9.17, 15) is 9.59 Å². The van der Waals surface area contributed by atoms with Gasteiger partial charge in [0.25, 0.3) is 0 Å². The number of carbonyl (C=O) groups excluding carboxylic acids is 2. The Bertz CT molecular complexity index is 1380. The average Bonchev–Trinajstić information content (AvgIpc) is 3.16. The molecule has 2 aromatic carbocycles. The SMILES string of the molecule is Cc1ccc(NC(=O)Nc2cccc(Cl)c2)cc1C(=O)c1cn(C(C)C)c2ncnc(N)c12. The Hall–Kier alpha value is -3.91. The van der Waals surface area contributed by atoms with Gasteiger partial charge in [0.2, 0.25) is 0 Å². The number of fused-ring (bicyclic) bond motifs is 1. The van der Waals surface area contributed by atoms with Crippen molar-refractivity contribution >= 4 is 51.6 Å². The fourth-order valence-electron chi connectivity index (χ4n) is 3.62. The summed E-state index contributed by atoms with van der Waals surface area (Å²) in [5, 5.41) is 6.51. The van der Waals surface area contributed by atoms with E-state index in [1.54, 1.807) is 48.7 Å². The normalized spacial score (nSPS) is 11.1. The van der Waals surface area contributed by atoms with Gasteiger partial charge in [-0.25, -0.2) is 14.8 Å². The van der Waals surface area contributed by atoms with E-state index >= 15 is 0 Å². The van der Waals surface area contributed by atoms with E-state index in [0.717, 1.165) is 5.56 Å². The van der Waals surface area contributed by atoms with Gasteiger partial charge in [0, 0.05) is 34.2 Å². The predicted octanol–water partition coefficient (Wildman–Crippen LogP) is 5.43. The molecule has 168 valence electrons. The van der Waals surface area contributed by atoms with Gasteiger partial charge in [-0.3, -0.25) is 4.79 Å². The van der Waals surface area contributed by atoms with Crippen LogP contribution in [0.5, 0.6) is 0 Å². The van der Waals surface area contributed by atoms with Gasteiger partial charge < -0.3 is 20.9 Å². The molecular weight excluding hydrogens is 440 g/mol. The van der Waals surface area contributed by atoms with Crippen LogP contribution in [0.25, 0.3) is 11.0 Å². The van der Waals surface area contributed by atoms with Crippen LogP contribution in [0.1, 0.15) is 41.4 Å². The van der Waals surface area contributed by atoms with Crippen LogP contribution < -0.4 is 16.4 Å². The number of hydrogen-bond donors (Lipinski definition) is 3. The molecule has 8 nitrogen and oxygen atoms in total. The highest BCUT2D eigenvalue weighted by molar-refractivity contribution is 6.31. The fraction of sp³-hybridized carbons (Fsp3) is 0.167. The van der Waals surface area contributed by atoms with Crippen molar-refractivity contribution in [2.75, 3.05) is 16.4 Å². The smallest absolute Gasteiger partial charge is 0.323 e. The number of benzene rings is 2. The number of ketones is 1. The summed E-state index contributed by atoms with van der Waals surface area (Å²) in [4.78, 5) is 34.4. The van der Waals surface area contributed by atoms with Gasteiger partial charge in [-0.15, -0.1) is 0 Å². The van der Waals surface area contributed by atoms with E-state index in [1.165, 1.54) is 6.33 Å². The van der Waals surface area contributed by atoms with E-state index in [0.29, 0.717) is 38.6 Å². The quantitative estimate of drug-likeness (QED) is 0.342. The van der Waals surface area contributed by atoms with Crippen LogP contribution in [-0.2, 0) is 0 Å². The molecule has 0 aliphatic rings. The summed E-state index contributed by atoms with van der Waals surface area (Å²) in [6.45, 7) is 5.84. The number of hydrogen-bond acceptors (Lipinski definition) is 5. The van der Waals surface area contributed by atoms with E-state index in [4.69, 9.17) is 17.3 Å². The van der Waals surface area contributed by atoms with Crippen LogP contribution in [0.4, 0.5) is 22.0 Å². The third kappa shape index (κ3) is 4.51. The standard InChI is InChI=1S/C24H23ClN6O2/c1-13(2)31-11-19(20-22(26)27-12-28-23(20)31)21(32)18-10-17(8-7-14(18)3)30-24(33)29-16-6-4-5-15(25)9-16/h4-13H,1-3H3,(H2,26,27,28)(H2,29,30,33). The first-order valence-corrected chi connectivity index (χ1v) is 10.7. The molecule has 0 unspecified atom stereocenters. The summed E-state index contributed by atoms with van der Waals surface area (Å²) < 4.78 is 1.90. The molecule has 2 heterocycles. The van der Waals surface area contributed by atoms with Crippen molar-refractivity contribution in [3.05, 3.63) is 76.7 Å². The van der Waals surface area contributed by atoms with Gasteiger partial charge in [-0.2, -0.15) is 0 Å². The minimum atomic E-state index is -0.450. The molecule has 0 saturated carbocycles. The second-order valence-corrected chi connectivity index (χ2v) is 8.39. The summed E-state index contributed by atoms with van der Waals surface area (Å²) in [6, 6.07) is 11.6. The van der Waals surface area contributed by atoms with Crippen LogP contribution in [0.15, 0.2) is 55.0 Å². The summed E-state index contributed by atoms with van der Waals surface area (Å²) in [5.41, 5.74) is 9.37. The highest BCUT2D eigenvalue weighted by Crippen LogP contribution is 2.30. The van der Waals surface area contributed by atoms with Crippen LogP contribution in [0.2, 0.25) is 5.02 Å². The van der Waals surface area contributed by atoms with E-state index in [2.05, 4.69) is 20.6 Å². The molecular formula is C24H23ClN6O2. The molecule has 4 N–H and O–H groups in total. The van der Waals surface area contributed by atoms with Gasteiger partial charge in [0.15, 0.2) is 5.78 Å². The molecule has 0 spiro atoms. The van der Waals surface area contributed by atoms with Gasteiger partial charge in [-0.1, -0.05) is 23.7 Å². The number of nitrogens with one attached hydrogen (secondary N) is 2. The van der Waals surface area contributed by atoms with Crippen molar-refractivity contribution in [2.45, 2.75) is 26.8 Å². The monoisotopic (exact) mass is 462 g/mol. The highest BCUT2D eigenvalue weighted by atomic mass is 35.5. The Balaban J connectivity index is 1.66. The number of nitrogen functional groups attached to an aromatic ring is 1. The third-order valence-electron chi connectivity index (χ3n) is 5.26. The zero-order valence-corrected chi connectivity index (χ0v) is 19.1. The lowest BCUT2D eigenvalue weighted by Crippen LogP contribution is -2.19. The first-order valence-electron chi connectivity index (χ1n) is 10.3. The van der Waals surface area contributed by atoms with Crippen molar-refractivity contribution in [1.82, 2.24) is 14.5 Å². The van der Waals surface area contributed by atoms with Crippen LogP contribution in [-0.4, -0.2) is 26.3 Å². The summed E-state index contributed by atoms with van der Waals surface area (Å²) >= 11 is 5.96. The number of rotatable bonds is 5. The number of aryl methyl sites for hydroxylation is 1. The Morgan fingerprint density at radius 1 is 1.03 bits per heavy atom. The van der Waals surface area contributed by atoms with Gasteiger partial charge in [0.05, 0.1) is 10.9 Å². The first kappa shape index (κ1) is 22.3. The van der Waals surface area contributed by atoms with Crippen molar-refractivity contribution in [1.29, 1.82) is 0 Å². The largest absolute Gasteiger partial charge is 0.383 e. The second kappa shape index (κ2) is 8.91. The van der Waals surface area contributed by atoms with E-state index in [-0.39, 0.29) is 17.6 Å². The van der Waals surface area contributed by atoms with Crippen LogP contribution >= 0.6 is 11.6 Å². The molecule has 0 bridgehead atoms. The Labute approximate surface area is 195 Å². The van der Waals surface area contributed by atoms with Crippen LogP contribution in [0.3, 0.4) is 0 Å². The molecule has 4 rings (SSSR count). The number of urea groups is 1. The summed E-state index contributed by atoms with van der Waals surface area (Å²) in [7, 11) is 0. The lowest BCUT2D eigenvalue weighted by molar-refractivity contribution is 0.103.